The van der Waals surface area contributed by atoms with Crippen molar-refractivity contribution in [1.82, 2.24) is 0 Å². The summed E-state index contributed by atoms with van der Waals surface area (Å²) in [5.41, 5.74) is 1.51. The molecule has 1 fully saturated rings. The molecule has 1 saturated carbocycles. The second-order valence-electron chi connectivity index (χ2n) is 4.99. The SMILES string of the molecule is CCCC1CC(c2ccccc2)CCC1Cl. The predicted octanol–water partition coefficient (Wildman–Crippen LogP) is 4.98. The topological polar surface area (TPSA) is 0 Å². The molecule has 0 aliphatic heterocycles. The molecule has 88 valence electrons. The van der Waals surface area contributed by atoms with Crippen LogP contribution in [0.3, 0.4) is 0 Å². The number of hydrogen-bond donors (Lipinski definition) is 0. The van der Waals surface area contributed by atoms with E-state index >= 15 is 0 Å². The van der Waals surface area contributed by atoms with Gasteiger partial charge in [-0.3, -0.25) is 0 Å². The monoisotopic (exact) mass is 236 g/mol. The molecule has 2 rings (SSSR count). The Morgan fingerprint density at radius 3 is 2.62 bits per heavy atom. The van der Waals surface area contributed by atoms with Crippen LogP contribution in [-0.2, 0) is 0 Å². The molecule has 0 N–H and O–H groups in total. The maximum atomic E-state index is 6.41. The van der Waals surface area contributed by atoms with Crippen molar-refractivity contribution >= 4 is 11.6 Å². The molecule has 0 heterocycles. The van der Waals surface area contributed by atoms with Gasteiger partial charge in [-0.05, 0) is 43.1 Å². The summed E-state index contributed by atoms with van der Waals surface area (Å²) < 4.78 is 0. The Morgan fingerprint density at radius 1 is 1.19 bits per heavy atom. The molecule has 0 radical (unpaired) electrons. The van der Waals surface area contributed by atoms with Crippen LogP contribution in [0.2, 0.25) is 0 Å². The number of hydrogen-bond acceptors (Lipinski definition) is 0. The first-order chi connectivity index (χ1) is 7.81. The smallest absolute Gasteiger partial charge is 0.0364 e. The molecule has 0 spiro atoms. The normalized spacial score (nSPS) is 30.2. The van der Waals surface area contributed by atoms with Gasteiger partial charge in [-0.2, -0.15) is 0 Å². The van der Waals surface area contributed by atoms with E-state index in [4.69, 9.17) is 11.6 Å². The largest absolute Gasteiger partial charge is 0.123 e. The molecule has 3 atom stereocenters. The van der Waals surface area contributed by atoms with Gasteiger partial charge in [-0.15, -0.1) is 11.6 Å². The molecule has 1 aromatic rings. The maximum absolute atomic E-state index is 6.41. The molecule has 1 heteroatoms. The fraction of sp³-hybridized carbons (Fsp3) is 0.600. The summed E-state index contributed by atoms with van der Waals surface area (Å²) in [6, 6.07) is 10.9. The van der Waals surface area contributed by atoms with E-state index in [1.807, 2.05) is 0 Å². The van der Waals surface area contributed by atoms with Gasteiger partial charge < -0.3 is 0 Å². The Kier molecular flexibility index (Phi) is 4.29. The minimum atomic E-state index is 0.417. The maximum Gasteiger partial charge on any atom is 0.0364 e. The Hall–Kier alpha value is -0.490. The van der Waals surface area contributed by atoms with Gasteiger partial charge in [0.25, 0.3) is 0 Å². The first-order valence-electron chi connectivity index (χ1n) is 6.50. The highest BCUT2D eigenvalue weighted by Gasteiger charge is 2.28. The van der Waals surface area contributed by atoms with Gasteiger partial charge in [-0.25, -0.2) is 0 Å². The Balaban J connectivity index is 2.03. The van der Waals surface area contributed by atoms with E-state index in [9.17, 15) is 0 Å². The van der Waals surface area contributed by atoms with Crippen molar-refractivity contribution in [3.05, 3.63) is 35.9 Å². The van der Waals surface area contributed by atoms with E-state index < -0.39 is 0 Å². The van der Waals surface area contributed by atoms with Crippen molar-refractivity contribution in [3.63, 3.8) is 0 Å². The van der Waals surface area contributed by atoms with Crippen LogP contribution in [0.5, 0.6) is 0 Å². The molecular formula is C15H21Cl. The molecular weight excluding hydrogens is 216 g/mol. The van der Waals surface area contributed by atoms with E-state index in [2.05, 4.69) is 37.3 Å². The average Bonchev–Trinajstić information content (AvgIpc) is 2.33. The van der Waals surface area contributed by atoms with E-state index in [1.165, 1.54) is 37.7 Å². The predicted molar refractivity (Wildman–Crippen MR) is 71.1 cm³/mol. The van der Waals surface area contributed by atoms with Crippen molar-refractivity contribution < 1.29 is 0 Å². The lowest BCUT2D eigenvalue weighted by molar-refractivity contribution is 0.310. The summed E-state index contributed by atoms with van der Waals surface area (Å²) >= 11 is 6.41. The lowest BCUT2D eigenvalue weighted by atomic mass is 9.76. The second-order valence-corrected chi connectivity index (χ2v) is 5.55. The van der Waals surface area contributed by atoms with Gasteiger partial charge in [0.2, 0.25) is 0 Å². The molecule has 0 aromatic heterocycles. The average molecular weight is 237 g/mol. The molecule has 0 nitrogen and oxygen atoms in total. The summed E-state index contributed by atoms with van der Waals surface area (Å²) in [4.78, 5) is 0. The fourth-order valence-corrected chi connectivity index (χ4v) is 3.28. The van der Waals surface area contributed by atoms with Gasteiger partial charge >= 0.3 is 0 Å². The van der Waals surface area contributed by atoms with Gasteiger partial charge in [-0.1, -0.05) is 43.7 Å². The van der Waals surface area contributed by atoms with Crippen LogP contribution in [0, 0.1) is 5.92 Å². The molecule has 16 heavy (non-hydrogen) atoms. The van der Waals surface area contributed by atoms with Gasteiger partial charge in [0, 0.05) is 5.38 Å². The molecule has 0 bridgehead atoms. The standard InChI is InChI=1S/C15H21Cl/c1-2-6-14-11-13(9-10-15(14)16)12-7-4-3-5-8-12/h3-5,7-8,13-15H,2,6,9-11H2,1H3. The molecule has 0 saturated heterocycles. The Morgan fingerprint density at radius 2 is 1.94 bits per heavy atom. The van der Waals surface area contributed by atoms with Crippen LogP contribution < -0.4 is 0 Å². The molecule has 3 unspecified atom stereocenters. The highest BCUT2D eigenvalue weighted by Crippen LogP contribution is 2.40. The van der Waals surface area contributed by atoms with Crippen LogP contribution >= 0.6 is 11.6 Å². The molecule has 1 aromatic carbocycles. The number of rotatable bonds is 3. The first kappa shape index (κ1) is 12.0. The minimum Gasteiger partial charge on any atom is -0.123 e. The minimum absolute atomic E-state index is 0.417. The van der Waals surface area contributed by atoms with E-state index in [0.717, 1.165) is 11.8 Å². The fourth-order valence-electron chi connectivity index (χ4n) is 2.92. The zero-order valence-electron chi connectivity index (χ0n) is 10.0. The Labute approximate surface area is 104 Å². The highest BCUT2D eigenvalue weighted by molar-refractivity contribution is 6.20. The summed E-state index contributed by atoms with van der Waals surface area (Å²) in [6.45, 7) is 2.26. The van der Waals surface area contributed by atoms with Crippen molar-refractivity contribution in [3.8, 4) is 0 Å². The number of alkyl halides is 1. The quantitative estimate of drug-likeness (QED) is 0.650. The summed E-state index contributed by atoms with van der Waals surface area (Å²) in [7, 11) is 0. The first-order valence-corrected chi connectivity index (χ1v) is 6.94. The van der Waals surface area contributed by atoms with Crippen LogP contribution in [0.4, 0.5) is 0 Å². The zero-order chi connectivity index (χ0) is 11.4. The highest BCUT2D eigenvalue weighted by atomic mass is 35.5. The van der Waals surface area contributed by atoms with Crippen molar-refractivity contribution in [2.24, 2.45) is 5.92 Å². The van der Waals surface area contributed by atoms with Crippen molar-refractivity contribution in [1.29, 1.82) is 0 Å². The summed E-state index contributed by atoms with van der Waals surface area (Å²) in [5.74, 6) is 1.47. The third kappa shape index (κ3) is 2.79. The van der Waals surface area contributed by atoms with Crippen molar-refractivity contribution in [2.75, 3.05) is 0 Å². The van der Waals surface area contributed by atoms with Crippen LogP contribution in [0.1, 0.15) is 50.5 Å². The van der Waals surface area contributed by atoms with E-state index in [1.54, 1.807) is 0 Å². The van der Waals surface area contributed by atoms with Gasteiger partial charge in [0.05, 0.1) is 0 Å². The van der Waals surface area contributed by atoms with Gasteiger partial charge in [0.15, 0.2) is 0 Å². The second kappa shape index (κ2) is 5.72. The lowest BCUT2D eigenvalue weighted by Gasteiger charge is -2.33. The van der Waals surface area contributed by atoms with E-state index in [-0.39, 0.29) is 0 Å². The van der Waals surface area contributed by atoms with Crippen LogP contribution in [0.15, 0.2) is 30.3 Å². The number of halogens is 1. The third-order valence-corrected chi connectivity index (χ3v) is 4.39. The van der Waals surface area contributed by atoms with Crippen molar-refractivity contribution in [2.45, 2.75) is 50.3 Å². The number of benzene rings is 1. The summed E-state index contributed by atoms with van der Waals surface area (Å²) in [6.07, 6.45) is 6.28. The summed E-state index contributed by atoms with van der Waals surface area (Å²) in [5, 5.41) is 0.417. The molecule has 1 aliphatic rings. The van der Waals surface area contributed by atoms with Crippen LogP contribution in [-0.4, -0.2) is 5.38 Å². The molecule has 1 aliphatic carbocycles. The Bertz CT molecular complexity index is 306. The zero-order valence-corrected chi connectivity index (χ0v) is 10.8. The molecule has 0 amide bonds. The van der Waals surface area contributed by atoms with Gasteiger partial charge in [0.1, 0.15) is 0 Å². The van der Waals surface area contributed by atoms with E-state index in [0.29, 0.717) is 5.38 Å². The third-order valence-electron chi connectivity index (χ3n) is 3.82. The van der Waals surface area contributed by atoms with Crippen LogP contribution in [0.25, 0.3) is 0 Å². The lowest BCUT2D eigenvalue weighted by Crippen LogP contribution is -2.24.